The first kappa shape index (κ1) is 28.4. The standard InChI is InChI=1S/C29H32FN3O5S/c1-20-17-33(21(2)19-34)29(35)26-15-23(10-9-22-7-5-4-6-8-22)16-31-28(26)38-27(20)18-32(3)39(36,37)25-13-11-24(30)12-14-25/h4-16,20-21,27,34H,17-19H2,1-3H3/b10-9+/t20-,21+,27-/m0/s1. The zero-order chi connectivity index (χ0) is 28.2. The van der Waals surface area contributed by atoms with Gasteiger partial charge in [0, 0.05) is 25.7 Å². The van der Waals surface area contributed by atoms with Crippen LogP contribution in [0, 0.1) is 11.7 Å². The van der Waals surface area contributed by atoms with Crippen LogP contribution in [0.5, 0.6) is 5.88 Å². The van der Waals surface area contributed by atoms with E-state index in [4.69, 9.17) is 4.74 Å². The first-order valence-electron chi connectivity index (χ1n) is 12.6. The second kappa shape index (κ2) is 12.1. The lowest BCUT2D eigenvalue weighted by molar-refractivity contribution is 0.0373. The van der Waals surface area contributed by atoms with Gasteiger partial charge in [0.2, 0.25) is 15.9 Å². The third-order valence-electron chi connectivity index (χ3n) is 6.77. The largest absolute Gasteiger partial charge is 0.472 e. The lowest BCUT2D eigenvalue weighted by atomic mass is 10.00. The number of likely N-dealkylation sites (N-methyl/N-ethyl adjacent to an activating group) is 1. The second-order valence-corrected chi connectivity index (χ2v) is 11.8. The number of aliphatic hydroxyl groups is 1. The molecule has 0 bridgehead atoms. The van der Waals surface area contributed by atoms with Gasteiger partial charge < -0.3 is 14.7 Å². The average molecular weight is 554 g/mol. The van der Waals surface area contributed by atoms with Crippen LogP contribution >= 0.6 is 0 Å². The summed E-state index contributed by atoms with van der Waals surface area (Å²) in [6, 6.07) is 15.5. The zero-order valence-corrected chi connectivity index (χ0v) is 22.9. The van der Waals surface area contributed by atoms with Crippen LogP contribution in [-0.2, 0) is 10.0 Å². The average Bonchev–Trinajstić information content (AvgIpc) is 2.94. The predicted molar refractivity (Wildman–Crippen MR) is 147 cm³/mol. The Morgan fingerprint density at radius 2 is 1.82 bits per heavy atom. The fourth-order valence-corrected chi connectivity index (χ4v) is 5.51. The van der Waals surface area contributed by atoms with E-state index in [0.717, 1.165) is 22.0 Å². The molecule has 0 fully saturated rings. The van der Waals surface area contributed by atoms with E-state index in [1.807, 2.05) is 49.4 Å². The summed E-state index contributed by atoms with van der Waals surface area (Å²) in [5, 5.41) is 9.86. The van der Waals surface area contributed by atoms with Crippen LogP contribution in [0.2, 0.25) is 0 Å². The van der Waals surface area contributed by atoms with E-state index >= 15 is 0 Å². The number of benzene rings is 2. The quantitative estimate of drug-likeness (QED) is 0.454. The molecule has 3 atom stereocenters. The number of fused-ring (bicyclic) bond motifs is 1. The first-order valence-corrected chi connectivity index (χ1v) is 14.1. The van der Waals surface area contributed by atoms with Crippen molar-refractivity contribution in [2.45, 2.75) is 30.9 Å². The fraction of sp³-hybridized carbons (Fsp3) is 0.310. The normalized spacial score (nSPS) is 18.9. The van der Waals surface area contributed by atoms with E-state index in [-0.39, 0.29) is 47.9 Å². The van der Waals surface area contributed by atoms with Gasteiger partial charge in [0.1, 0.15) is 17.5 Å². The summed E-state index contributed by atoms with van der Waals surface area (Å²) in [5.74, 6) is -1.07. The number of aliphatic hydroxyl groups excluding tert-OH is 1. The van der Waals surface area contributed by atoms with Gasteiger partial charge in [0.25, 0.3) is 5.91 Å². The summed E-state index contributed by atoms with van der Waals surface area (Å²) in [6.07, 6.45) is 4.68. The van der Waals surface area contributed by atoms with Crippen molar-refractivity contribution in [1.82, 2.24) is 14.2 Å². The molecule has 2 heterocycles. The maximum Gasteiger partial charge on any atom is 0.259 e. The Morgan fingerprint density at radius 3 is 2.49 bits per heavy atom. The number of hydrogen-bond donors (Lipinski definition) is 1. The number of carbonyl (C=O) groups excluding carboxylic acids is 1. The van der Waals surface area contributed by atoms with Crippen molar-refractivity contribution in [2.24, 2.45) is 5.92 Å². The number of hydrogen-bond acceptors (Lipinski definition) is 6. The van der Waals surface area contributed by atoms with Crippen molar-refractivity contribution in [2.75, 3.05) is 26.7 Å². The Morgan fingerprint density at radius 1 is 1.15 bits per heavy atom. The molecule has 39 heavy (non-hydrogen) atoms. The number of amides is 1. The van der Waals surface area contributed by atoms with Gasteiger partial charge in [-0.25, -0.2) is 17.8 Å². The molecule has 3 aromatic rings. The molecule has 0 radical (unpaired) electrons. The van der Waals surface area contributed by atoms with Gasteiger partial charge in [-0.15, -0.1) is 0 Å². The SMILES string of the molecule is C[C@H](CO)N1C[C@H](C)[C@H](CN(C)S(=O)(=O)c2ccc(F)cc2)Oc2ncc(/C=C/c3ccccc3)cc2C1=O. The number of nitrogens with zero attached hydrogens (tertiary/aromatic N) is 3. The highest BCUT2D eigenvalue weighted by Gasteiger charge is 2.35. The Hall–Kier alpha value is -3.60. The van der Waals surface area contributed by atoms with Gasteiger partial charge >= 0.3 is 0 Å². The van der Waals surface area contributed by atoms with E-state index in [9.17, 15) is 22.7 Å². The number of carbonyl (C=O) groups is 1. The Labute approximate surface area is 228 Å². The Kier molecular flexibility index (Phi) is 8.79. The third-order valence-corrected chi connectivity index (χ3v) is 8.61. The number of rotatable bonds is 8. The van der Waals surface area contributed by atoms with Crippen molar-refractivity contribution in [3.05, 3.63) is 89.4 Å². The molecule has 0 spiro atoms. The molecule has 0 unspecified atom stereocenters. The number of sulfonamides is 1. The van der Waals surface area contributed by atoms with E-state index < -0.39 is 28.0 Å². The predicted octanol–water partition coefficient (Wildman–Crippen LogP) is 3.93. The van der Waals surface area contributed by atoms with Gasteiger partial charge in [-0.1, -0.05) is 49.4 Å². The molecular formula is C29H32FN3O5S. The minimum atomic E-state index is -3.93. The maximum absolute atomic E-state index is 13.6. The van der Waals surface area contributed by atoms with Crippen molar-refractivity contribution in [3.8, 4) is 5.88 Å². The van der Waals surface area contributed by atoms with Crippen LogP contribution in [0.25, 0.3) is 12.2 Å². The fourth-order valence-electron chi connectivity index (χ4n) is 4.32. The molecule has 8 nitrogen and oxygen atoms in total. The van der Waals surface area contributed by atoms with Gasteiger partial charge in [0.05, 0.1) is 24.1 Å². The number of halogens is 1. The first-order chi connectivity index (χ1) is 18.6. The summed E-state index contributed by atoms with van der Waals surface area (Å²) in [4.78, 5) is 19.6. The Bertz CT molecular complexity index is 1430. The maximum atomic E-state index is 13.6. The number of ether oxygens (including phenoxy) is 1. The van der Waals surface area contributed by atoms with Crippen molar-refractivity contribution >= 4 is 28.1 Å². The third kappa shape index (κ3) is 6.52. The molecule has 1 aliphatic heterocycles. The highest BCUT2D eigenvalue weighted by molar-refractivity contribution is 7.89. The highest BCUT2D eigenvalue weighted by Crippen LogP contribution is 2.28. The number of pyridine rings is 1. The molecule has 1 aliphatic rings. The Balaban J connectivity index is 1.66. The molecule has 0 saturated carbocycles. The molecule has 1 N–H and O–H groups in total. The van der Waals surface area contributed by atoms with Crippen LogP contribution in [0.1, 0.15) is 35.3 Å². The monoisotopic (exact) mass is 553 g/mol. The van der Waals surface area contributed by atoms with Gasteiger partial charge in [-0.2, -0.15) is 4.31 Å². The van der Waals surface area contributed by atoms with Crippen LogP contribution in [0.15, 0.2) is 71.8 Å². The molecule has 10 heteroatoms. The topological polar surface area (TPSA) is 100 Å². The lowest BCUT2D eigenvalue weighted by Gasteiger charge is -2.37. The minimum absolute atomic E-state index is 0.0345. The van der Waals surface area contributed by atoms with E-state index in [0.29, 0.717) is 5.56 Å². The molecule has 4 rings (SSSR count). The van der Waals surface area contributed by atoms with Crippen molar-refractivity contribution in [1.29, 1.82) is 0 Å². The smallest absolute Gasteiger partial charge is 0.259 e. The van der Waals surface area contributed by atoms with Crippen LogP contribution < -0.4 is 4.74 Å². The van der Waals surface area contributed by atoms with Crippen LogP contribution in [-0.4, -0.2) is 72.5 Å². The molecule has 0 saturated heterocycles. The van der Waals surface area contributed by atoms with E-state index in [2.05, 4.69) is 4.98 Å². The zero-order valence-electron chi connectivity index (χ0n) is 22.1. The molecular weight excluding hydrogens is 521 g/mol. The molecule has 0 aliphatic carbocycles. The molecule has 206 valence electrons. The highest BCUT2D eigenvalue weighted by atomic mass is 32.2. The van der Waals surface area contributed by atoms with Crippen LogP contribution in [0.4, 0.5) is 4.39 Å². The summed E-state index contributed by atoms with van der Waals surface area (Å²) in [7, 11) is -2.50. The number of aromatic nitrogens is 1. The van der Waals surface area contributed by atoms with Gasteiger partial charge in [0.15, 0.2) is 0 Å². The van der Waals surface area contributed by atoms with Gasteiger partial charge in [-0.05, 0) is 48.4 Å². The minimum Gasteiger partial charge on any atom is -0.472 e. The lowest BCUT2D eigenvalue weighted by Crippen LogP contribution is -2.50. The van der Waals surface area contributed by atoms with Crippen molar-refractivity contribution < 1.29 is 27.4 Å². The molecule has 1 aromatic heterocycles. The van der Waals surface area contributed by atoms with E-state index in [1.54, 1.807) is 24.1 Å². The molecule has 2 aromatic carbocycles. The van der Waals surface area contributed by atoms with Crippen LogP contribution in [0.3, 0.4) is 0 Å². The summed E-state index contributed by atoms with van der Waals surface area (Å²) in [6.45, 7) is 3.57. The molecule has 1 amide bonds. The second-order valence-electron chi connectivity index (χ2n) is 9.73. The van der Waals surface area contributed by atoms with Crippen molar-refractivity contribution in [3.63, 3.8) is 0 Å². The van der Waals surface area contributed by atoms with Gasteiger partial charge in [-0.3, -0.25) is 4.79 Å². The van der Waals surface area contributed by atoms with E-state index in [1.165, 1.54) is 19.2 Å². The summed E-state index contributed by atoms with van der Waals surface area (Å²) >= 11 is 0. The summed E-state index contributed by atoms with van der Waals surface area (Å²) in [5.41, 5.74) is 1.90. The summed E-state index contributed by atoms with van der Waals surface area (Å²) < 4.78 is 47.0.